The van der Waals surface area contributed by atoms with Crippen molar-refractivity contribution in [3.8, 4) is 5.69 Å². The minimum Gasteiger partial charge on any atom is -0.372 e. The lowest BCUT2D eigenvalue weighted by molar-refractivity contribution is -0.0585. The van der Waals surface area contributed by atoms with Crippen LogP contribution in [-0.4, -0.2) is 45.9 Å². The average Bonchev–Trinajstić information content (AvgIpc) is 3.15. The maximum Gasteiger partial charge on any atom is 0.264 e. The van der Waals surface area contributed by atoms with Crippen LogP contribution in [0.15, 0.2) is 36.4 Å². The van der Waals surface area contributed by atoms with Gasteiger partial charge in [0.05, 0.1) is 28.5 Å². The predicted octanol–water partition coefficient (Wildman–Crippen LogP) is 3.64. The first-order chi connectivity index (χ1) is 12.0. The Balaban J connectivity index is 1.71. The van der Waals surface area contributed by atoms with E-state index in [0.29, 0.717) is 13.1 Å². The van der Waals surface area contributed by atoms with E-state index >= 15 is 0 Å². The van der Waals surface area contributed by atoms with Crippen molar-refractivity contribution in [2.75, 3.05) is 13.1 Å². The topological polar surface area (TPSA) is 47.4 Å². The maximum absolute atomic E-state index is 13.0. The van der Waals surface area contributed by atoms with Gasteiger partial charge in [0.2, 0.25) is 0 Å². The number of hydrogen-bond acceptors (Lipinski definition) is 4. The molecule has 1 aliphatic rings. The van der Waals surface area contributed by atoms with Crippen LogP contribution in [0.3, 0.4) is 0 Å². The lowest BCUT2D eigenvalue weighted by atomic mass is 10.2. The second-order valence-electron chi connectivity index (χ2n) is 6.63. The molecule has 2 atom stereocenters. The first-order valence-corrected chi connectivity index (χ1v) is 9.34. The van der Waals surface area contributed by atoms with Crippen molar-refractivity contribution in [3.05, 3.63) is 47.0 Å². The quantitative estimate of drug-likeness (QED) is 0.705. The third-order valence-electron chi connectivity index (χ3n) is 4.46. The van der Waals surface area contributed by atoms with Crippen molar-refractivity contribution < 1.29 is 9.53 Å². The number of hydrogen-bond donors (Lipinski definition) is 0. The number of aryl methyl sites for hydroxylation is 1. The summed E-state index contributed by atoms with van der Waals surface area (Å²) >= 11 is 1.51. The summed E-state index contributed by atoms with van der Waals surface area (Å²) in [6.07, 6.45) is 0.146. The molecular formula is C19H21N3O2S. The van der Waals surface area contributed by atoms with E-state index in [1.807, 2.05) is 66.8 Å². The lowest BCUT2D eigenvalue weighted by Gasteiger charge is -2.35. The van der Waals surface area contributed by atoms with E-state index in [0.717, 1.165) is 26.5 Å². The summed E-state index contributed by atoms with van der Waals surface area (Å²) < 4.78 is 7.67. The number of aromatic nitrogens is 2. The van der Waals surface area contributed by atoms with E-state index in [4.69, 9.17) is 4.74 Å². The molecule has 1 saturated heterocycles. The van der Waals surface area contributed by atoms with Gasteiger partial charge in [-0.25, -0.2) is 4.68 Å². The molecule has 1 aromatic carbocycles. The molecule has 0 bridgehead atoms. The van der Waals surface area contributed by atoms with Crippen LogP contribution < -0.4 is 0 Å². The summed E-state index contributed by atoms with van der Waals surface area (Å²) in [6, 6.07) is 12.0. The Kier molecular flexibility index (Phi) is 4.09. The van der Waals surface area contributed by atoms with Crippen LogP contribution >= 0.6 is 11.3 Å². The van der Waals surface area contributed by atoms with Crippen LogP contribution in [0.4, 0.5) is 0 Å². The second-order valence-corrected chi connectivity index (χ2v) is 7.66. The number of para-hydroxylation sites is 1. The van der Waals surface area contributed by atoms with Gasteiger partial charge in [-0.05, 0) is 39.0 Å². The molecule has 0 aliphatic carbocycles. The smallest absolute Gasteiger partial charge is 0.264 e. The molecule has 1 aliphatic heterocycles. The van der Waals surface area contributed by atoms with Crippen LogP contribution in [0.5, 0.6) is 0 Å². The molecule has 0 radical (unpaired) electrons. The van der Waals surface area contributed by atoms with Gasteiger partial charge in [0, 0.05) is 18.5 Å². The molecule has 130 valence electrons. The Morgan fingerprint density at radius 2 is 1.88 bits per heavy atom. The van der Waals surface area contributed by atoms with E-state index < -0.39 is 0 Å². The summed E-state index contributed by atoms with van der Waals surface area (Å²) in [6.45, 7) is 7.29. The molecule has 1 amide bonds. The highest BCUT2D eigenvalue weighted by Gasteiger charge is 2.28. The third kappa shape index (κ3) is 2.96. The van der Waals surface area contributed by atoms with Crippen molar-refractivity contribution in [1.29, 1.82) is 0 Å². The van der Waals surface area contributed by atoms with E-state index in [1.165, 1.54) is 11.3 Å². The molecule has 25 heavy (non-hydrogen) atoms. The summed E-state index contributed by atoms with van der Waals surface area (Å²) in [5.41, 5.74) is 1.95. The monoisotopic (exact) mass is 355 g/mol. The average molecular weight is 355 g/mol. The number of ether oxygens (including phenoxy) is 1. The zero-order valence-electron chi connectivity index (χ0n) is 14.6. The molecule has 3 aromatic rings. The fraction of sp³-hybridized carbons (Fsp3) is 0.368. The summed E-state index contributed by atoms with van der Waals surface area (Å²) in [4.78, 5) is 16.7. The number of morpholine rings is 1. The second kappa shape index (κ2) is 6.28. The Morgan fingerprint density at radius 1 is 1.20 bits per heavy atom. The Labute approximate surface area is 150 Å². The maximum atomic E-state index is 13.0. The van der Waals surface area contributed by atoms with Crippen LogP contribution in [0, 0.1) is 6.92 Å². The zero-order valence-corrected chi connectivity index (χ0v) is 15.4. The van der Waals surface area contributed by atoms with Crippen LogP contribution in [-0.2, 0) is 4.74 Å². The van der Waals surface area contributed by atoms with Crippen molar-refractivity contribution in [3.63, 3.8) is 0 Å². The van der Waals surface area contributed by atoms with Crippen LogP contribution in [0.25, 0.3) is 15.9 Å². The van der Waals surface area contributed by atoms with E-state index in [2.05, 4.69) is 5.10 Å². The minimum absolute atomic E-state index is 0.0728. The Hall–Kier alpha value is -2.18. The first-order valence-electron chi connectivity index (χ1n) is 8.52. The molecule has 0 N–H and O–H groups in total. The summed E-state index contributed by atoms with van der Waals surface area (Å²) in [5, 5.41) is 5.69. The molecule has 3 heterocycles. The van der Waals surface area contributed by atoms with Gasteiger partial charge in [-0.3, -0.25) is 4.79 Å². The van der Waals surface area contributed by atoms with E-state index in [9.17, 15) is 4.79 Å². The molecule has 0 spiro atoms. The zero-order chi connectivity index (χ0) is 17.6. The molecule has 2 aromatic heterocycles. The van der Waals surface area contributed by atoms with Gasteiger partial charge in [-0.1, -0.05) is 18.2 Å². The minimum atomic E-state index is 0.0728. The SMILES string of the molecule is Cc1nn(-c2ccccc2)c2sc(C(=O)N3C[C@H](C)O[C@@H](C)C3)cc12. The number of rotatable bonds is 2. The molecule has 0 saturated carbocycles. The largest absolute Gasteiger partial charge is 0.372 e. The van der Waals surface area contributed by atoms with Gasteiger partial charge in [0.15, 0.2) is 0 Å². The van der Waals surface area contributed by atoms with Gasteiger partial charge in [0.1, 0.15) is 4.83 Å². The van der Waals surface area contributed by atoms with Gasteiger partial charge >= 0.3 is 0 Å². The molecule has 4 rings (SSSR count). The fourth-order valence-electron chi connectivity index (χ4n) is 3.40. The number of fused-ring (bicyclic) bond motifs is 1. The highest BCUT2D eigenvalue weighted by Crippen LogP contribution is 2.31. The van der Waals surface area contributed by atoms with Crippen molar-refractivity contribution in [2.45, 2.75) is 33.0 Å². The number of carbonyl (C=O) groups is 1. The number of thiophene rings is 1. The van der Waals surface area contributed by atoms with Crippen LogP contribution in [0.2, 0.25) is 0 Å². The fourth-order valence-corrected chi connectivity index (χ4v) is 4.55. The summed E-state index contributed by atoms with van der Waals surface area (Å²) in [7, 11) is 0. The molecule has 5 nitrogen and oxygen atoms in total. The van der Waals surface area contributed by atoms with Crippen LogP contribution in [0.1, 0.15) is 29.2 Å². The number of nitrogens with zero attached hydrogens (tertiary/aromatic N) is 3. The highest BCUT2D eigenvalue weighted by atomic mass is 32.1. The Bertz CT molecular complexity index is 906. The normalized spacial score (nSPS) is 21.0. The Morgan fingerprint density at radius 3 is 2.56 bits per heavy atom. The summed E-state index contributed by atoms with van der Waals surface area (Å²) in [5.74, 6) is 0.0854. The van der Waals surface area contributed by atoms with Gasteiger partial charge in [-0.2, -0.15) is 5.10 Å². The van der Waals surface area contributed by atoms with Crippen molar-refractivity contribution >= 4 is 27.5 Å². The number of benzene rings is 1. The first kappa shape index (κ1) is 16.3. The molecular weight excluding hydrogens is 334 g/mol. The highest BCUT2D eigenvalue weighted by molar-refractivity contribution is 7.20. The predicted molar refractivity (Wildman–Crippen MR) is 99.6 cm³/mol. The number of carbonyl (C=O) groups excluding carboxylic acids is 1. The third-order valence-corrected chi connectivity index (χ3v) is 5.56. The standard InChI is InChI=1S/C19H21N3O2S/c1-12-10-21(11-13(2)24-12)18(23)17-9-16-14(3)20-22(19(16)25-17)15-7-5-4-6-8-15/h4-9,12-13H,10-11H2,1-3H3/t12-,13-/m0/s1. The lowest BCUT2D eigenvalue weighted by Crippen LogP contribution is -2.48. The molecule has 0 unspecified atom stereocenters. The van der Waals surface area contributed by atoms with E-state index in [-0.39, 0.29) is 18.1 Å². The number of amides is 1. The van der Waals surface area contributed by atoms with Crippen molar-refractivity contribution in [1.82, 2.24) is 14.7 Å². The molecule has 6 heteroatoms. The van der Waals surface area contributed by atoms with Gasteiger partial charge in [-0.15, -0.1) is 11.3 Å². The van der Waals surface area contributed by atoms with Gasteiger partial charge in [0.25, 0.3) is 5.91 Å². The van der Waals surface area contributed by atoms with Gasteiger partial charge < -0.3 is 9.64 Å². The molecule has 1 fully saturated rings. The van der Waals surface area contributed by atoms with E-state index in [1.54, 1.807) is 0 Å². The van der Waals surface area contributed by atoms with Crippen molar-refractivity contribution in [2.24, 2.45) is 0 Å².